The number of hydrogen-bond acceptors (Lipinski definition) is 5. The molecule has 1 N–H and O–H groups in total. The van der Waals surface area contributed by atoms with E-state index < -0.39 is 5.79 Å². The fourth-order valence-corrected chi connectivity index (χ4v) is 3.16. The normalized spacial score (nSPS) is 33.3. The number of rotatable bonds is 0. The van der Waals surface area contributed by atoms with Crippen LogP contribution in [0.4, 0.5) is 0 Å². The lowest BCUT2D eigenvalue weighted by Gasteiger charge is -2.40. The molecule has 1 atom stereocenters. The van der Waals surface area contributed by atoms with Crippen molar-refractivity contribution < 1.29 is 0 Å². The largest absolute Gasteiger partial charge is 0.326 e. The second kappa shape index (κ2) is 4.25. The van der Waals surface area contributed by atoms with E-state index in [2.05, 4.69) is 25.3 Å². The first-order chi connectivity index (χ1) is 9.35. The van der Waals surface area contributed by atoms with E-state index in [4.69, 9.17) is 0 Å². The molecule has 5 heterocycles. The number of nitrogens with one attached hydrogen (secondary N) is 1. The molecule has 1 spiro atoms. The molecule has 5 nitrogen and oxygen atoms in total. The van der Waals surface area contributed by atoms with Crippen molar-refractivity contribution in [3.63, 3.8) is 0 Å². The van der Waals surface area contributed by atoms with Gasteiger partial charge in [-0.05, 0) is 12.8 Å². The average Bonchev–Trinajstić information content (AvgIpc) is 2.77. The van der Waals surface area contributed by atoms with Gasteiger partial charge < -0.3 is 5.32 Å². The topological polar surface area (TPSA) is 61.5 Å². The molecule has 19 heavy (non-hydrogen) atoms. The van der Waals surface area contributed by atoms with Gasteiger partial charge in [-0.15, -0.1) is 0 Å². The molecular weight excluding hydrogens is 238 g/mol. The molecule has 100 valence electrons. The molecule has 0 fully saturated rings. The quantitative estimate of drug-likeness (QED) is 0.711. The average molecular weight is 257 g/mol. The van der Waals surface area contributed by atoms with Gasteiger partial charge in [0.2, 0.25) is 5.79 Å². The Bertz CT molecular complexity index is 528. The van der Waals surface area contributed by atoms with Gasteiger partial charge in [0.05, 0.1) is 0 Å². The van der Waals surface area contributed by atoms with E-state index in [0.29, 0.717) is 0 Å². The summed E-state index contributed by atoms with van der Waals surface area (Å²) in [6.07, 6.45) is 10.9. The zero-order valence-electron chi connectivity index (χ0n) is 11.2. The van der Waals surface area contributed by atoms with Gasteiger partial charge in [-0.2, -0.15) is 0 Å². The predicted molar refractivity (Wildman–Crippen MR) is 77.2 cm³/mol. The van der Waals surface area contributed by atoms with E-state index in [1.54, 1.807) is 0 Å². The SMILES string of the molecule is C1CCCCC2=NC3=NC4(CCCC1)N=C(N4)C3=N2. The highest BCUT2D eigenvalue weighted by Gasteiger charge is 2.46. The van der Waals surface area contributed by atoms with E-state index in [1.165, 1.54) is 44.9 Å². The minimum absolute atomic E-state index is 0.396. The number of nitrogens with zero attached hydrogens (tertiary/aromatic N) is 4. The standard InChI is InChI=1S/C14H19N5/c1-2-4-6-8-10-15-11-12(16-10)17-14(9-7-5-3-1)18-13(11)19-14/h1-9H2,(H,18,19). The summed E-state index contributed by atoms with van der Waals surface area (Å²) in [6.45, 7) is 0. The van der Waals surface area contributed by atoms with E-state index in [0.717, 1.165) is 36.1 Å². The van der Waals surface area contributed by atoms with Crippen LogP contribution >= 0.6 is 0 Å². The number of hydrogen-bond donors (Lipinski definition) is 1. The third kappa shape index (κ3) is 1.91. The molecule has 0 saturated carbocycles. The lowest BCUT2D eigenvalue weighted by atomic mass is 10.0. The molecule has 1 unspecified atom stereocenters. The van der Waals surface area contributed by atoms with Crippen molar-refractivity contribution in [3.8, 4) is 0 Å². The smallest absolute Gasteiger partial charge is 0.230 e. The second-order valence-electron chi connectivity index (χ2n) is 5.80. The van der Waals surface area contributed by atoms with Crippen LogP contribution in [0.2, 0.25) is 0 Å². The maximum atomic E-state index is 4.69. The van der Waals surface area contributed by atoms with Crippen LogP contribution in [0, 0.1) is 0 Å². The molecule has 0 amide bonds. The highest BCUT2D eigenvalue weighted by atomic mass is 15.4. The molecule has 5 heteroatoms. The van der Waals surface area contributed by atoms with E-state index >= 15 is 0 Å². The fourth-order valence-electron chi connectivity index (χ4n) is 3.16. The third-order valence-corrected chi connectivity index (χ3v) is 4.24. The van der Waals surface area contributed by atoms with Crippen LogP contribution < -0.4 is 5.32 Å². The molecule has 0 saturated heterocycles. The van der Waals surface area contributed by atoms with Crippen molar-refractivity contribution in [2.45, 2.75) is 63.6 Å². The highest BCUT2D eigenvalue weighted by Crippen LogP contribution is 2.31. The summed E-state index contributed by atoms with van der Waals surface area (Å²) in [5.74, 6) is 2.26. The maximum absolute atomic E-state index is 4.69. The van der Waals surface area contributed by atoms with Crippen LogP contribution in [0.5, 0.6) is 0 Å². The van der Waals surface area contributed by atoms with E-state index in [1.807, 2.05) is 0 Å². The minimum atomic E-state index is -0.396. The molecule has 0 aromatic carbocycles. The van der Waals surface area contributed by atoms with Crippen molar-refractivity contribution in [2.75, 3.05) is 0 Å². The van der Waals surface area contributed by atoms with Crippen LogP contribution in [0.3, 0.4) is 0 Å². The molecule has 5 rings (SSSR count). The predicted octanol–water partition coefficient (Wildman–Crippen LogP) is 2.43. The van der Waals surface area contributed by atoms with Gasteiger partial charge in [-0.3, -0.25) is 0 Å². The first-order valence-electron chi connectivity index (χ1n) is 7.50. The van der Waals surface area contributed by atoms with Crippen LogP contribution in [0.15, 0.2) is 20.0 Å². The van der Waals surface area contributed by atoms with Crippen LogP contribution in [0.1, 0.15) is 57.8 Å². The molecule has 5 aliphatic heterocycles. The molecule has 0 aliphatic carbocycles. The van der Waals surface area contributed by atoms with Gasteiger partial charge in [-0.1, -0.05) is 32.1 Å². The van der Waals surface area contributed by atoms with Crippen LogP contribution in [0.25, 0.3) is 0 Å². The molecular formula is C14H19N5. The van der Waals surface area contributed by atoms with Crippen LogP contribution in [-0.2, 0) is 0 Å². The van der Waals surface area contributed by atoms with Crippen molar-refractivity contribution in [3.05, 3.63) is 0 Å². The Morgan fingerprint density at radius 1 is 0.842 bits per heavy atom. The fraction of sp³-hybridized carbons (Fsp3) is 0.714. The van der Waals surface area contributed by atoms with Crippen LogP contribution in [-0.4, -0.2) is 29.0 Å². The van der Waals surface area contributed by atoms with Crippen molar-refractivity contribution >= 4 is 23.2 Å². The highest BCUT2D eigenvalue weighted by molar-refractivity contribution is 6.72. The van der Waals surface area contributed by atoms with E-state index in [-0.39, 0.29) is 0 Å². The van der Waals surface area contributed by atoms with E-state index in [9.17, 15) is 0 Å². The first kappa shape index (κ1) is 11.3. The molecule has 4 bridgehead atoms. The summed E-state index contributed by atoms with van der Waals surface area (Å²) < 4.78 is 0. The number of amidine groups is 3. The zero-order chi connectivity index (χ0) is 12.7. The minimum Gasteiger partial charge on any atom is -0.326 e. The van der Waals surface area contributed by atoms with Gasteiger partial charge >= 0.3 is 0 Å². The summed E-state index contributed by atoms with van der Waals surface area (Å²) >= 11 is 0. The summed E-state index contributed by atoms with van der Waals surface area (Å²) in [7, 11) is 0. The summed E-state index contributed by atoms with van der Waals surface area (Å²) in [4.78, 5) is 18.5. The lowest BCUT2D eigenvalue weighted by Crippen LogP contribution is -2.63. The summed E-state index contributed by atoms with van der Waals surface area (Å²) in [5, 5.41) is 3.38. The number of aliphatic imine (C=N–C) groups is 4. The lowest BCUT2D eigenvalue weighted by molar-refractivity contribution is 0.329. The summed E-state index contributed by atoms with van der Waals surface area (Å²) in [6, 6.07) is 0. The van der Waals surface area contributed by atoms with Gasteiger partial charge in [0, 0.05) is 12.8 Å². The van der Waals surface area contributed by atoms with Crippen molar-refractivity contribution in [1.82, 2.24) is 5.32 Å². The molecule has 0 radical (unpaired) electrons. The molecule has 0 aromatic rings. The summed E-state index contributed by atoms with van der Waals surface area (Å²) in [5.41, 5.74) is 0.867. The Kier molecular flexibility index (Phi) is 2.53. The van der Waals surface area contributed by atoms with Gasteiger partial charge in [0.1, 0.15) is 5.84 Å². The molecule has 0 aromatic heterocycles. The van der Waals surface area contributed by atoms with Gasteiger partial charge in [0.25, 0.3) is 0 Å². The second-order valence-corrected chi connectivity index (χ2v) is 5.80. The van der Waals surface area contributed by atoms with Gasteiger partial charge in [-0.25, -0.2) is 20.0 Å². The Hall–Kier alpha value is -1.52. The Balaban J connectivity index is 1.60. The van der Waals surface area contributed by atoms with Crippen molar-refractivity contribution in [2.24, 2.45) is 20.0 Å². The maximum Gasteiger partial charge on any atom is 0.230 e. The third-order valence-electron chi connectivity index (χ3n) is 4.24. The Morgan fingerprint density at radius 2 is 1.58 bits per heavy atom. The Labute approximate surface area is 113 Å². The monoisotopic (exact) mass is 257 g/mol. The van der Waals surface area contributed by atoms with Gasteiger partial charge in [0.15, 0.2) is 17.4 Å². The Morgan fingerprint density at radius 3 is 2.42 bits per heavy atom. The van der Waals surface area contributed by atoms with Crippen molar-refractivity contribution in [1.29, 1.82) is 0 Å². The molecule has 5 aliphatic rings. The first-order valence-corrected chi connectivity index (χ1v) is 7.50. The zero-order valence-corrected chi connectivity index (χ0v) is 11.2.